The minimum atomic E-state index is -2.55. The molecule has 0 aliphatic heterocycles. The minimum absolute atomic E-state index is 0.125. The molecule has 0 spiro atoms. The van der Waals surface area contributed by atoms with E-state index in [-0.39, 0.29) is 10.6 Å². The van der Waals surface area contributed by atoms with E-state index in [2.05, 4.69) is 0 Å². The summed E-state index contributed by atoms with van der Waals surface area (Å²) < 4.78 is 75.3. The first-order chi connectivity index (χ1) is 11.6. The summed E-state index contributed by atoms with van der Waals surface area (Å²) in [7, 11) is 0. The summed E-state index contributed by atoms with van der Waals surface area (Å²) >= 11 is -2.55. The van der Waals surface area contributed by atoms with Gasteiger partial charge in [0.15, 0.2) is 23.3 Å². The number of carbonyl (C=O) groups excluding carboxylic acids is 1. The monoisotopic (exact) mass is 376 g/mol. The number of hydrogen-bond acceptors (Lipinski definition) is 4. The summed E-state index contributed by atoms with van der Waals surface area (Å²) in [6.07, 6.45) is 0. The van der Waals surface area contributed by atoms with Crippen LogP contribution in [-0.2, 0) is 11.1 Å². The van der Waals surface area contributed by atoms with Crippen molar-refractivity contribution < 1.29 is 41.0 Å². The Morgan fingerprint density at radius 3 is 1.84 bits per heavy atom. The zero-order valence-electron chi connectivity index (χ0n) is 11.8. The van der Waals surface area contributed by atoms with Crippen LogP contribution in [0, 0.1) is 23.3 Å². The molecule has 0 fully saturated rings. The lowest BCUT2D eigenvalue weighted by Gasteiger charge is -2.12. The molecule has 2 aromatic carbocycles. The zero-order chi connectivity index (χ0) is 18.9. The first kappa shape index (κ1) is 18.5. The number of halogens is 4. The van der Waals surface area contributed by atoms with Crippen LogP contribution in [0.3, 0.4) is 0 Å². The molecule has 2 N–H and O–H groups in total. The standard InChI is InChI=1S/C14H7F4NO5S/c15-9-7(8(14(21)22)10(16)12(18)11(9)17)13(20)19-5-1-3-6(4-2-5)25(23)24/h1-4H,(H,19,20)(H,21,22)(H,23,24)/p-1. The van der Waals surface area contributed by atoms with Gasteiger partial charge in [-0.3, -0.25) is 9.00 Å². The van der Waals surface area contributed by atoms with Gasteiger partial charge in [0.1, 0.15) is 5.56 Å². The Bertz CT molecular complexity index is 901. The van der Waals surface area contributed by atoms with E-state index in [1.807, 2.05) is 5.32 Å². The molecule has 2 aromatic rings. The van der Waals surface area contributed by atoms with Crippen molar-refractivity contribution in [1.82, 2.24) is 0 Å². The molecule has 0 bridgehead atoms. The van der Waals surface area contributed by atoms with Gasteiger partial charge >= 0.3 is 5.97 Å². The van der Waals surface area contributed by atoms with Gasteiger partial charge < -0.3 is 15.0 Å². The van der Waals surface area contributed by atoms with Crippen LogP contribution in [0.2, 0.25) is 0 Å². The third-order valence-corrected chi connectivity index (χ3v) is 3.67. The lowest BCUT2D eigenvalue weighted by molar-refractivity contribution is 0.0684. The number of amides is 1. The molecule has 132 valence electrons. The van der Waals surface area contributed by atoms with Crippen molar-refractivity contribution in [2.75, 3.05) is 5.32 Å². The fraction of sp³-hybridized carbons (Fsp3) is 0. The number of nitrogens with one attached hydrogen (secondary N) is 1. The van der Waals surface area contributed by atoms with E-state index < -0.39 is 57.4 Å². The number of hydrogen-bond donors (Lipinski definition) is 2. The second-order valence-electron chi connectivity index (χ2n) is 4.52. The summed E-state index contributed by atoms with van der Waals surface area (Å²) in [6.45, 7) is 0. The van der Waals surface area contributed by atoms with E-state index in [0.29, 0.717) is 0 Å². The summed E-state index contributed by atoms with van der Waals surface area (Å²) in [5, 5.41) is 10.8. The second kappa shape index (κ2) is 6.99. The van der Waals surface area contributed by atoms with Crippen molar-refractivity contribution in [3.8, 4) is 0 Å². The SMILES string of the molecule is O=C(O)c1c(F)c(F)c(F)c(F)c1C(=O)Nc1ccc(S(=O)[O-])cc1. The van der Waals surface area contributed by atoms with Gasteiger partial charge in [0.2, 0.25) is 0 Å². The normalized spacial score (nSPS) is 11.9. The van der Waals surface area contributed by atoms with E-state index >= 15 is 0 Å². The quantitative estimate of drug-likeness (QED) is 0.369. The zero-order valence-corrected chi connectivity index (χ0v) is 12.6. The molecule has 1 amide bonds. The molecule has 2 rings (SSSR count). The highest BCUT2D eigenvalue weighted by atomic mass is 32.2. The maximum absolute atomic E-state index is 13.8. The third kappa shape index (κ3) is 3.51. The van der Waals surface area contributed by atoms with E-state index in [9.17, 15) is 35.9 Å². The number of benzene rings is 2. The molecule has 0 aliphatic rings. The fourth-order valence-electron chi connectivity index (χ4n) is 1.89. The molecule has 0 saturated carbocycles. The van der Waals surface area contributed by atoms with Crippen molar-refractivity contribution in [2.45, 2.75) is 4.90 Å². The number of aromatic carboxylic acids is 1. The third-order valence-electron chi connectivity index (χ3n) is 3.01. The Balaban J connectivity index is 2.48. The summed E-state index contributed by atoms with van der Waals surface area (Å²) in [6, 6.07) is 4.24. The molecule has 0 heterocycles. The molecule has 6 nitrogen and oxygen atoms in total. The summed E-state index contributed by atoms with van der Waals surface area (Å²) in [5.41, 5.74) is -3.34. The molecule has 0 aliphatic carbocycles. The second-order valence-corrected chi connectivity index (χ2v) is 5.47. The Hall–Kier alpha value is -2.79. The van der Waals surface area contributed by atoms with Gasteiger partial charge in [-0.25, -0.2) is 22.4 Å². The lowest BCUT2D eigenvalue weighted by Crippen LogP contribution is -2.22. The molecule has 1 unspecified atom stereocenters. The predicted octanol–water partition coefficient (Wildman–Crippen LogP) is 2.43. The maximum Gasteiger partial charge on any atom is 0.339 e. The number of anilines is 1. The topological polar surface area (TPSA) is 107 Å². The average molecular weight is 376 g/mol. The van der Waals surface area contributed by atoms with Gasteiger partial charge in [-0.15, -0.1) is 0 Å². The van der Waals surface area contributed by atoms with E-state index in [1.165, 1.54) is 0 Å². The van der Waals surface area contributed by atoms with Gasteiger partial charge in [0.05, 0.1) is 5.56 Å². The van der Waals surface area contributed by atoms with Crippen LogP contribution in [0.5, 0.6) is 0 Å². The molecule has 1 atom stereocenters. The molecule has 0 radical (unpaired) electrons. The van der Waals surface area contributed by atoms with Gasteiger partial charge in [-0.2, -0.15) is 0 Å². The van der Waals surface area contributed by atoms with Crippen LogP contribution in [0.15, 0.2) is 29.2 Å². The van der Waals surface area contributed by atoms with E-state index in [0.717, 1.165) is 24.3 Å². The largest absolute Gasteiger partial charge is 0.768 e. The highest BCUT2D eigenvalue weighted by Crippen LogP contribution is 2.25. The van der Waals surface area contributed by atoms with Crippen molar-refractivity contribution in [3.63, 3.8) is 0 Å². The highest BCUT2D eigenvalue weighted by Gasteiger charge is 2.32. The molecule has 0 saturated heterocycles. The van der Waals surface area contributed by atoms with Gasteiger partial charge in [-0.05, 0) is 35.3 Å². The average Bonchev–Trinajstić information content (AvgIpc) is 2.55. The van der Waals surface area contributed by atoms with E-state index in [4.69, 9.17) is 5.11 Å². The molecular formula is C14H6F4NO5S-. The van der Waals surface area contributed by atoms with Gasteiger partial charge in [-0.1, -0.05) is 0 Å². The van der Waals surface area contributed by atoms with Crippen LogP contribution < -0.4 is 5.32 Å². The molecule has 11 heteroatoms. The molecular weight excluding hydrogens is 370 g/mol. The van der Waals surface area contributed by atoms with Crippen LogP contribution in [-0.4, -0.2) is 25.7 Å². The smallest absolute Gasteiger partial charge is 0.339 e. The van der Waals surface area contributed by atoms with Crippen LogP contribution in [0.1, 0.15) is 20.7 Å². The molecule has 0 aromatic heterocycles. The first-order valence-corrected chi connectivity index (χ1v) is 7.32. The predicted molar refractivity (Wildman–Crippen MR) is 74.8 cm³/mol. The van der Waals surface area contributed by atoms with Crippen molar-refractivity contribution in [1.29, 1.82) is 0 Å². The Morgan fingerprint density at radius 1 is 0.920 bits per heavy atom. The Morgan fingerprint density at radius 2 is 1.40 bits per heavy atom. The summed E-state index contributed by atoms with van der Waals surface area (Å²) in [4.78, 5) is 22.8. The number of carbonyl (C=O) groups is 2. The number of carboxylic acids is 1. The van der Waals surface area contributed by atoms with Crippen LogP contribution >= 0.6 is 0 Å². The lowest BCUT2D eigenvalue weighted by atomic mass is 10.0. The maximum atomic E-state index is 13.8. The van der Waals surface area contributed by atoms with E-state index in [1.54, 1.807) is 0 Å². The van der Waals surface area contributed by atoms with Crippen molar-refractivity contribution in [2.24, 2.45) is 0 Å². The molecule has 25 heavy (non-hydrogen) atoms. The fourth-order valence-corrected chi connectivity index (χ4v) is 2.25. The number of carboxylic acid groups (broad SMARTS) is 1. The van der Waals surface area contributed by atoms with Crippen molar-refractivity contribution >= 4 is 28.6 Å². The number of rotatable bonds is 4. The van der Waals surface area contributed by atoms with Crippen LogP contribution in [0.25, 0.3) is 0 Å². The minimum Gasteiger partial charge on any atom is -0.768 e. The Labute approximate surface area is 139 Å². The van der Waals surface area contributed by atoms with Crippen LogP contribution in [0.4, 0.5) is 23.2 Å². The Kier molecular flexibility index (Phi) is 5.18. The summed E-state index contributed by atoms with van der Waals surface area (Å²) in [5.74, 6) is -12.9. The van der Waals surface area contributed by atoms with Crippen molar-refractivity contribution in [3.05, 3.63) is 58.7 Å². The highest BCUT2D eigenvalue weighted by molar-refractivity contribution is 7.79. The van der Waals surface area contributed by atoms with Gasteiger partial charge in [0.25, 0.3) is 5.91 Å². The van der Waals surface area contributed by atoms with Gasteiger partial charge in [0, 0.05) is 10.6 Å². The first-order valence-electron chi connectivity index (χ1n) is 6.25.